The molecule has 24 heavy (non-hydrogen) atoms. The zero-order valence-electron chi connectivity index (χ0n) is 13.9. The SMILES string of the molecule is CC/C=C(/C)C(=O)N1CSC[C@@H]1C(=O)NCc1cccc(C#N)c1. The summed E-state index contributed by atoms with van der Waals surface area (Å²) in [5, 5.41) is 11.8. The van der Waals surface area contributed by atoms with Gasteiger partial charge in [-0.05, 0) is 31.0 Å². The fourth-order valence-electron chi connectivity index (χ4n) is 2.54. The summed E-state index contributed by atoms with van der Waals surface area (Å²) in [4.78, 5) is 26.5. The first-order valence-electron chi connectivity index (χ1n) is 7.89. The van der Waals surface area contributed by atoms with Gasteiger partial charge in [0.05, 0.1) is 17.5 Å². The Bertz CT molecular complexity index is 694. The second kappa shape index (κ2) is 8.55. The van der Waals surface area contributed by atoms with Crippen molar-refractivity contribution in [3.63, 3.8) is 0 Å². The third-order valence-electron chi connectivity index (χ3n) is 3.82. The highest BCUT2D eigenvalue weighted by molar-refractivity contribution is 7.99. The first-order chi connectivity index (χ1) is 11.6. The van der Waals surface area contributed by atoms with Crippen LogP contribution in [0.1, 0.15) is 31.4 Å². The molecular weight excluding hydrogens is 322 g/mol. The lowest BCUT2D eigenvalue weighted by atomic mass is 10.1. The van der Waals surface area contributed by atoms with E-state index < -0.39 is 6.04 Å². The van der Waals surface area contributed by atoms with Gasteiger partial charge >= 0.3 is 0 Å². The van der Waals surface area contributed by atoms with Crippen LogP contribution in [-0.2, 0) is 16.1 Å². The number of nitriles is 1. The molecule has 0 bridgehead atoms. The van der Waals surface area contributed by atoms with Crippen molar-refractivity contribution in [2.75, 3.05) is 11.6 Å². The molecule has 126 valence electrons. The van der Waals surface area contributed by atoms with Crippen molar-refractivity contribution < 1.29 is 9.59 Å². The van der Waals surface area contributed by atoms with Crippen LogP contribution < -0.4 is 5.32 Å². The van der Waals surface area contributed by atoms with Gasteiger partial charge in [0.15, 0.2) is 0 Å². The summed E-state index contributed by atoms with van der Waals surface area (Å²) in [5.74, 6) is 0.916. The molecule has 1 aromatic rings. The molecule has 2 amide bonds. The smallest absolute Gasteiger partial charge is 0.250 e. The van der Waals surface area contributed by atoms with E-state index in [1.807, 2.05) is 19.1 Å². The molecule has 0 radical (unpaired) electrons. The van der Waals surface area contributed by atoms with Crippen LogP contribution in [0.5, 0.6) is 0 Å². The van der Waals surface area contributed by atoms with Crippen LogP contribution in [0.2, 0.25) is 0 Å². The lowest BCUT2D eigenvalue weighted by molar-refractivity contribution is -0.135. The second-order valence-corrected chi connectivity index (χ2v) is 6.62. The Balaban J connectivity index is 1.99. The zero-order valence-corrected chi connectivity index (χ0v) is 14.7. The number of amides is 2. The van der Waals surface area contributed by atoms with Crippen LogP contribution in [0.4, 0.5) is 0 Å². The zero-order chi connectivity index (χ0) is 17.5. The van der Waals surface area contributed by atoms with E-state index in [9.17, 15) is 9.59 Å². The van der Waals surface area contributed by atoms with Gasteiger partial charge in [-0.2, -0.15) is 5.26 Å². The standard InChI is InChI=1S/C18H21N3O2S/c1-3-5-13(2)18(23)21-12-24-11-16(21)17(22)20-10-15-7-4-6-14(8-15)9-19/h4-8,16H,3,10-12H2,1-2H3,(H,20,22)/b13-5-/t16-/m1/s1. The van der Waals surface area contributed by atoms with Gasteiger partial charge in [-0.3, -0.25) is 9.59 Å². The number of benzene rings is 1. The van der Waals surface area contributed by atoms with E-state index in [0.29, 0.717) is 29.3 Å². The third kappa shape index (κ3) is 4.39. The van der Waals surface area contributed by atoms with E-state index in [1.165, 1.54) is 0 Å². The Morgan fingerprint density at radius 2 is 2.29 bits per heavy atom. The summed E-state index contributed by atoms with van der Waals surface area (Å²) in [5.41, 5.74) is 2.11. The van der Waals surface area contributed by atoms with Crippen molar-refractivity contribution in [3.8, 4) is 6.07 Å². The molecule has 1 heterocycles. The summed E-state index contributed by atoms with van der Waals surface area (Å²) in [6.45, 7) is 4.12. The Morgan fingerprint density at radius 1 is 1.50 bits per heavy atom. The van der Waals surface area contributed by atoms with Crippen molar-refractivity contribution >= 4 is 23.6 Å². The maximum atomic E-state index is 12.5. The Hall–Kier alpha value is -2.26. The molecule has 1 fully saturated rings. The lowest BCUT2D eigenvalue weighted by Gasteiger charge is -2.23. The van der Waals surface area contributed by atoms with Gasteiger partial charge in [-0.15, -0.1) is 11.8 Å². The molecule has 1 aliphatic heterocycles. The Morgan fingerprint density at radius 3 is 3.00 bits per heavy atom. The average Bonchev–Trinajstić information content (AvgIpc) is 3.09. The molecule has 1 N–H and O–H groups in total. The van der Waals surface area contributed by atoms with Crippen molar-refractivity contribution in [1.82, 2.24) is 10.2 Å². The van der Waals surface area contributed by atoms with Gasteiger partial charge in [-0.1, -0.05) is 25.1 Å². The summed E-state index contributed by atoms with van der Waals surface area (Å²) in [6.07, 6.45) is 2.68. The molecule has 5 nitrogen and oxygen atoms in total. The van der Waals surface area contributed by atoms with Crippen molar-refractivity contribution in [2.24, 2.45) is 0 Å². The topological polar surface area (TPSA) is 73.2 Å². The third-order valence-corrected chi connectivity index (χ3v) is 4.83. The number of hydrogen-bond acceptors (Lipinski definition) is 4. The largest absolute Gasteiger partial charge is 0.350 e. The second-order valence-electron chi connectivity index (χ2n) is 5.62. The minimum Gasteiger partial charge on any atom is -0.350 e. The number of nitrogens with one attached hydrogen (secondary N) is 1. The normalized spacial score (nSPS) is 17.5. The molecule has 2 rings (SSSR count). The molecule has 1 atom stereocenters. The van der Waals surface area contributed by atoms with Crippen LogP contribution in [0.15, 0.2) is 35.9 Å². The number of rotatable bonds is 5. The molecule has 0 aliphatic carbocycles. The molecule has 0 unspecified atom stereocenters. The lowest BCUT2D eigenvalue weighted by Crippen LogP contribution is -2.47. The predicted molar refractivity (Wildman–Crippen MR) is 95.0 cm³/mol. The van der Waals surface area contributed by atoms with Crippen LogP contribution in [0, 0.1) is 11.3 Å². The maximum absolute atomic E-state index is 12.5. The molecule has 6 heteroatoms. The van der Waals surface area contributed by atoms with Crippen molar-refractivity contribution in [2.45, 2.75) is 32.9 Å². The van der Waals surface area contributed by atoms with Crippen LogP contribution in [-0.4, -0.2) is 34.4 Å². The van der Waals surface area contributed by atoms with E-state index in [4.69, 9.17) is 5.26 Å². The molecule has 1 aliphatic rings. The molecule has 0 saturated carbocycles. The summed E-state index contributed by atoms with van der Waals surface area (Å²) in [7, 11) is 0. The highest BCUT2D eigenvalue weighted by Crippen LogP contribution is 2.23. The molecule has 1 saturated heterocycles. The van der Waals surface area contributed by atoms with E-state index in [-0.39, 0.29) is 11.8 Å². The van der Waals surface area contributed by atoms with E-state index in [1.54, 1.807) is 41.8 Å². The Kier molecular flexibility index (Phi) is 6.44. The number of carbonyl (C=O) groups excluding carboxylic acids is 2. The minimum absolute atomic E-state index is 0.0755. The molecule has 0 spiro atoms. The van der Waals surface area contributed by atoms with Crippen LogP contribution in [0.25, 0.3) is 0 Å². The monoisotopic (exact) mass is 343 g/mol. The van der Waals surface area contributed by atoms with Gasteiger partial charge in [-0.25, -0.2) is 0 Å². The van der Waals surface area contributed by atoms with E-state index in [0.717, 1.165) is 12.0 Å². The number of hydrogen-bond donors (Lipinski definition) is 1. The van der Waals surface area contributed by atoms with Gasteiger partial charge in [0, 0.05) is 17.9 Å². The van der Waals surface area contributed by atoms with Gasteiger partial charge in [0.2, 0.25) is 5.91 Å². The van der Waals surface area contributed by atoms with E-state index >= 15 is 0 Å². The van der Waals surface area contributed by atoms with Crippen LogP contribution in [0.3, 0.4) is 0 Å². The highest BCUT2D eigenvalue weighted by atomic mass is 32.2. The Labute approximate surface area is 146 Å². The van der Waals surface area contributed by atoms with Gasteiger partial charge < -0.3 is 10.2 Å². The first kappa shape index (κ1) is 18.1. The number of nitrogens with zero attached hydrogens (tertiary/aromatic N) is 2. The summed E-state index contributed by atoms with van der Waals surface area (Å²) >= 11 is 1.58. The first-order valence-corrected chi connectivity index (χ1v) is 9.04. The fourth-order valence-corrected chi connectivity index (χ4v) is 3.69. The number of carbonyl (C=O) groups is 2. The summed E-state index contributed by atoms with van der Waals surface area (Å²) < 4.78 is 0. The van der Waals surface area contributed by atoms with Crippen molar-refractivity contribution in [3.05, 3.63) is 47.0 Å². The minimum atomic E-state index is -0.443. The van der Waals surface area contributed by atoms with Crippen molar-refractivity contribution in [1.29, 1.82) is 5.26 Å². The molecule has 1 aromatic carbocycles. The molecule has 0 aromatic heterocycles. The maximum Gasteiger partial charge on any atom is 0.250 e. The fraction of sp³-hybridized carbons (Fsp3) is 0.389. The predicted octanol–water partition coefficient (Wildman–Crippen LogP) is 2.43. The van der Waals surface area contributed by atoms with Gasteiger partial charge in [0.1, 0.15) is 6.04 Å². The quantitative estimate of drug-likeness (QED) is 0.834. The number of allylic oxidation sites excluding steroid dienone is 1. The average molecular weight is 343 g/mol. The van der Waals surface area contributed by atoms with E-state index in [2.05, 4.69) is 11.4 Å². The summed E-state index contributed by atoms with van der Waals surface area (Å²) in [6, 6.07) is 8.77. The van der Waals surface area contributed by atoms with Crippen LogP contribution >= 0.6 is 11.8 Å². The highest BCUT2D eigenvalue weighted by Gasteiger charge is 2.34. The number of thioether (sulfide) groups is 1. The van der Waals surface area contributed by atoms with Gasteiger partial charge in [0.25, 0.3) is 5.91 Å². The molecular formula is C18H21N3O2S.